The lowest BCUT2D eigenvalue weighted by molar-refractivity contribution is 0.0698. The van der Waals surface area contributed by atoms with E-state index in [0.717, 1.165) is 11.3 Å². The number of benzene rings is 1. The van der Waals surface area contributed by atoms with Gasteiger partial charge in [0.25, 0.3) is 0 Å². The fraction of sp³-hybridized carbons (Fsp3) is 0.308. The molecular weight excluding hydrogens is 312 g/mol. The molecule has 1 aromatic carbocycles. The van der Waals surface area contributed by atoms with Gasteiger partial charge < -0.3 is 10.0 Å². The number of nitrogens with zero attached hydrogens (tertiary/aromatic N) is 1. The van der Waals surface area contributed by atoms with Crippen LogP contribution in [-0.2, 0) is 10.0 Å². The molecular formula is C13H16N2O4S2. The maximum Gasteiger partial charge on any atom is 0.347 e. The Hall–Kier alpha value is -1.48. The summed E-state index contributed by atoms with van der Waals surface area (Å²) in [6.07, 6.45) is 0. The molecule has 6 nitrogen and oxygen atoms in total. The third kappa shape index (κ3) is 3.41. The molecule has 0 amide bonds. The van der Waals surface area contributed by atoms with Crippen LogP contribution in [-0.4, -0.2) is 51.6 Å². The fourth-order valence-electron chi connectivity index (χ4n) is 1.91. The highest BCUT2D eigenvalue weighted by Gasteiger charge is 2.27. The van der Waals surface area contributed by atoms with Gasteiger partial charge in [-0.3, -0.25) is 0 Å². The third-order valence-corrected chi connectivity index (χ3v) is 5.70. The molecule has 2 aromatic rings. The van der Waals surface area contributed by atoms with Gasteiger partial charge in [0, 0.05) is 23.2 Å². The highest BCUT2D eigenvalue weighted by atomic mass is 32.2. The van der Waals surface area contributed by atoms with E-state index in [0.29, 0.717) is 16.6 Å². The van der Waals surface area contributed by atoms with Gasteiger partial charge in [-0.05, 0) is 20.2 Å². The number of hydrogen-bond donors (Lipinski definition) is 2. The number of fused-ring (bicyclic) bond motifs is 1. The second-order valence-corrected chi connectivity index (χ2v) is 7.52. The van der Waals surface area contributed by atoms with Crippen LogP contribution in [0.2, 0.25) is 0 Å². The highest BCUT2D eigenvalue weighted by molar-refractivity contribution is 7.90. The van der Waals surface area contributed by atoms with Crippen LogP contribution in [0.5, 0.6) is 0 Å². The normalized spacial score (nSPS) is 12.1. The minimum atomic E-state index is -3.86. The minimum Gasteiger partial charge on any atom is -0.477 e. The van der Waals surface area contributed by atoms with E-state index in [1.165, 1.54) is 0 Å². The van der Waals surface area contributed by atoms with Crippen molar-refractivity contribution in [3.05, 3.63) is 29.1 Å². The van der Waals surface area contributed by atoms with Crippen molar-refractivity contribution in [1.29, 1.82) is 0 Å². The standard InChI is InChI=1S/C13H16N2O4S2/c1-15(2)8-7-14-21(18,19)12-9-5-3-4-6-10(9)20-11(12)13(16)17/h3-6,14H,7-8H2,1-2H3,(H,16,17). The van der Waals surface area contributed by atoms with Gasteiger partial charge in [-0.1, -0.05) is 18.2 Å². The maximum absolute atomic E-state index is 12.4. The first-order valence-electron chi connectivity index (χ1n) is 6.22. The predicted molar refractivity (Wildman–Crippen MR) is 82.5 cm³/mol. The molecule has 0 aliphatic rings. The van der Waals surface area contributed by atoms with Crippen LogP contribution in [0, 0.1) is 0 Å². The van der Waals surface area contributed by atoms with Gasteiger partial charge in [0.15, 0.2) is 0 Å². The Labute approximate surface area is 127 Å². The Bertz CT molecular complexity index is 766. The molecule has 114 valence electrons. The number of rotatable bonds is 6. The van der Waals surface area contributed by atoms with Crippen LogP contribution in [0.15, 0.2) is 29.2 Å². The average Bonchev–Trinajstić information content (AvgIpc) is 2.78. The summed E-state index contributed by atoms with van der Waals surface area (Å²) in [6.45, 7) is 0.752. The van der Waals surface area contributed by atoms with Crippen LogP contribution in [0.1, 0.15) is 9.67 Å². The molecule has 0 saturated heterocycles. The lowest BCUT2D eigenvalue weighted by Gasteiger charge is -2.11. The van der Waals surface area contributed by atoms with E-state index in [2.05, 4.69) is 4.72 Å². The number of carbonyl (C=O) groups is 1. The van der Waals surface area contributed by atoms with Gasteiger partial charge in [0.05, 0.1) is 0 Å². The van der Waals surface area contributed by atoms with Crippen molar-refractivity contribution < 1.29 is 18.3 Å². The summed E-state index contributed by atoms with van der Waals surface area (Å²) >= 11 is 0.970. The summed E-state index contributed by atoms with van der Waals surface area (Å²) in [6, 6.07) is 6.78. The first kappa shape index (κ1) is 15.9. The zero-order valence-corrected chi connectivity index (χ0v) is 13.3. The Morgan fingerprint density at radius 1 is 1.33 bits per heavy atom. The Morgan fingerprint density at radius 3 is 2.62 bits per heavy atom. The van der Waals surface area contributed by atoms with Gasteiger partial charge in [-0.15, -0.1) is 11.3 Å². The fourth-order valence-corrected chi connectivity index (χ4v) is 4.66. The summed E-state index contributed by atoms with van der Waals surface area (Å²) in [5.41, 5.74) is 0. The lowest BCUT2D eigenvalue weighted by Crippen LogP contribution is -2.32. The van der Waals surface area contributed by atoms with E-state index >= 15 is 0 Å². The highest BCUT2D eigenvalue weighted by Crippen LogP contribution is 2.34. The van der Waals surface area contributed by atoms with Crippen LogP contribution in [0.4, 0.5) is 0 Å². The summed E-state index contributed by atoms with van der Waals surface area (Å²) in [5.74, 6) is -1.23. The molecule has 2 N–H and O–H groups in total. The zero-order valence-electron chi connectivity index (χ0n) is 11.7. The van der Waals surface area contributed by atoms with Crippen LogP contribution < -0.4 is 4.72 Å². The summed E-state index contributed by atoms with van der Waals surface area (Å²) in [4.78, 5) is 12.9. The van der Waals surface area contributed by atoms with Crippen LogP contribution >= 0.6 is 11.3 Å². The Morgan fingerprint density at radius 2 is 2.00 bits per heavy atom. The second-order valence-electron chi connectivity index (χ2n) is 4.76. The average molecular weight is 328 g/mol. The maximum atomic E-state index is 12.4. The van der Waals surface area contributed by atoms with Gasteiger partial charge in [-0.25, -0.2) is 17.9 Å². The zero-order chi connectivity index (χ0) is 15.6. The van der Waals surface area contributed by atoms with Gasteiger partial charge in [-0.2, -0.15) is 0 Å². The summed E-state index contributed by atoms with van der Waals surface area (Å²) < 4.78 is 28.0. The summed E-state index contributed by atoms with van der Waals surface area (Å²) in [5, 5.41) is 9.70. The SMILES string of the molecule is CN(C)CCNS(=O)(=O)c1c(C(=O)O)sc2ccccc12. The van der Waals surface area contributed by atoms with E-state index in [9.17, 15) is 18.3 Å². The molecule has 0 aliphatic carbocycles. The number of hydrogen-bond acceptors (Lipinski definition) is 5. The molecule has 0 saturated carbocycles. The van der Waals surface area contributed by atoms with Gasteiger partial charge >= 0.3 is 5.97 Å². The Balaban J connectivity index is 2.48. The molecule has 0 bridgehead atoms. The smallest absolute Gasteiger partial charge is 0.347 e. The molecule has 8 heteroatoms. The minimum absolute atomic E-state index is 0.144. The number of thiophene rings is 1. The number of nitrogens with one attached hydrogen (secondary N) is 1. The first-order valence-corrected chi connectivity index (χ1v) is 8.52. The van der Waals surface area contributed by atoms with Gasteiger partial charge in [0.1, 0.15) is 9.77 Å². The first-order chi connectivity index (χ1) is 9.83. The van der Waals surface area contributed by atoms with Crippen molar-refractivity contribution >= 4 is 37.4 Å². The third-order valence-electron chi connectivity index (χ3n) is 2.86. The molecule has 0 aliphatic heterocycles. The predicted octanol–water partition coefficient (Wildman–Crippen LogP) is 1.44. The van der Waals surface area contributed by atoms with E-state index in [1.807, 2.05) is 19.0 Å². The molecule has 0 fully saturated rings. The number of likely N-dealkylation sites (N-methyl/N-ethyl adjacent to an activating group) is 1. The number of carboxylic acid groups (broad SMARTS) is 1. The topological polar surface area (TPSA) is 86.7 Å². The monoisotopic (exact) mass is 328 g/mol. The molecule has 0 radical (unpaired) electrons. The van der Waals surface area contributed by atoms with Gasteiger partial charge in [0.2, 0.25) is 10.0 Å². The molecule has 2 rings (SSSR count). The van der Waals surface area contributed by atoms with Crippen molar-refractivity contribution in [2.75, 3.05) is 27.2 Å². The molecule has 1 aromatic heterocycles. The molecule has 1 heterocycles. The van der Waals surface area contributed by atoms with E-state index in [1.54, 1.807) is 24.3 Å². The molecule has 0 atom stereocenters. The van der Waals surface area contributed by atoms with Crippen molar-refractivity contribution in [1.82, 2.24) is 9.62 Å². The van der Waals surface area contributed by atoms with E-state index in [4.69, 9.17) is 0 Å². The van der Waals surface area contributed by atoms with Crippen LogP contribution in [0.25, 0.3) is 10.1 Å². The second kappa shape index (κ2) is 6.10. The van der Waals surface area contributed by atoms with Crippen molar-refractivity contribution in [2.24, 2.45) is 0 Å². The number of aromatic carboxylic acids is 1. The molecule has 0 spiro atoms. The number of carboxylic acids is 1. The van der Waals surface area contributed by atoms with Crippen molar-refractivity contribution in [3.63, 3.8) is 0 Å². The lowest BCUT2D eigenvalue weighted by atomic mass is 10.2. The molecule has 0 unspecified atom stereocenters. The van der Waals surface area contributed by atoms with Crippen LogP contribution in [0.3, 0.4) is 0 Å². The number of sulfonamides is 1. The van der Waals surface area contributed by atoms with E-state index < -0.39 is 16.0 Å². The van der Waals surface area contributed by atoms with Crippen molar-refractivity contribution in [2.45, 2.75) is 4.90 Å². The summed E-state index contributed by atoms with van der Waals surface area (Å²) in [7, 11) is -0.201. The van der Waals surface area contributed by atoms with E-state index in [-0.39, 0.29) is 16.3 Å². The largest absolute Gasteiger partial charge is 0.477 e. The Kier molecular flexibility index (Phi) is 4.62. The van der Waals surface area contributed by atoms with Crippen molar-refractivity contribution in [3.8, 4) is 0 Å². The molecule has 21 heavy (non-hydrogen) atoms. The quantitative estimate of drug-likeness (QED) is 0.838.